The van der Waals surface area contributed by atoms with Crippen molar-refractivity contribution in [2.24, 2.45) is 0 Å². The lowest BCUT2D eigenvalue weighted by Crippen LogP contribution is -2.25. The van der Waals surface area contributed by atoms with Crippen LogP contribution in [0.2, 0.25) is 0 Å². The largest absolute Gasteiger partial charge is 0.460 e. The Balaban J connectivity index is 2.14. The van der Waals surface area contributed by atoms with E-state index in [1.165, 1.54) is 13.0 Å². The standard InChI is InChI=1S/C26H29NO5/c1-5-8-12-22-23(26(30)27-24-17(6-2)10-9-11-18(24)7-3)25(29)20-15-19(31-16(4)28)13-14-21(20)32-22/h9-11,13-15H,5-8,12H2,1-4H3,(H,27,30). The second-order valence-electron chi connectivity index (χ2n) is 7.70. The number of hydrogen-bond acceptors (Lipinski definition) is 5. The third kappa shape index (κ3) is 4.90. The number of amides is 1. The predicted octanol–water partition coefficient (Wildman–Crippen LogP) is 5.44. The maximum absolute atomic E-state index is 13.4. The molecule has 2 aromatic carbocycles. The van der Waals surface area contributed by atoms with Crippen LogP contribution in [0.3, 0.4) is 0 Å². The molecule has 1 amide bonds. The third-order valence-corrected chi connectivity index (χ3v) is 5.42. The highest BCUT2D eigenvalue weighted by atomic mass is 16.5. The van der Waals surface area contributed by atoms with Gasteiger partial charge < -0.3 is 14.5 Å². The van der Waals surface area contributed by atoms with E-state index in [2.05, 4.69) is 5.32 Å². The lowest BCUT2D eigenvalue weighted by molar-refractivity contribution is -0.131. The van der Waals surface area contributed by atoms with Crippen LogP contribution >= 0.6 is 0 Å². The molecule has 1 N–H and O–H groups in total. The maximum atomic E-state index is 13.4. The number of aryl methyl sites for hydroxylation is 3. The van der Waals surface area contributed by atoms with Crippen LogP contribution in [0.5, 0.6) is 5.75 Å². The summed E-state index contributed by atoms with van der Waals surface area (Å²) < 4.78 is 11.1. The number of anilines is 1. The van der Waals surface area contributed by atoms with E-state index in [1.807, 2.05) is 39.0 Å². The number of fused-ring (bicyclic) bond motifs is 1. The number of benzene rings is 2. The van der Waals surface area contributed by atoms with Gasteiger partial charge >= 0.3 is 5.97 Å². The normalized spacial score (nSPS) is 10.9. The second-order valence-corrected chi connectivity index (χ2v) is 7.70. The molecule has 0 atom stereocenters. The number of esters is 1. The molecule has 0 spiro atoms. The molecule has 168 valence electrons. The molecule has 6 nitrogen and oxygen atoms in total. The van der Waals surface area contributed by atoms with E-state index in [0.717, 1.165) is 42.5 Å². The van der Waals surface area contributed by atoms with Crippen molar-refractivity contribution in [1.29, 1.82) is 0 Å². The first-order chi connectivity index (χ1) is 15.4. The van der Waals surface area contributed by atoms with E-state index in [1.54, 1.807) is 12.1 Å². The molecule has 3 rings (SSSR count). The summed E-state index contributed by atoms with van der Waals surface area (Å²) in [6.07, 6.45) is 3.67. The molecule has 3 aromatic rings. The molecule has 0 aliphatic rings. The van der Waals surface area contributed by atoms with Gasteiger partial charge in [-0.1, -0.05) is 45.4 Å². The molecule has 0 saturated heterocycles. The minimum atomic E-state index is -0.491. The van der Waals surface area contributed by atoms with Gasteiger partial charge in [0.1, 0.15) is 22.7 Å². The van der Waals surface area contributed by atoms with Crippen molar-refractivity contribution in [2.45, 2.75) is 59.8 Å². The molecule has 32 heavy (non-hydrogen) atoms. The Labute approximate surface area is 187 Å². The topological polar surface area (TPSA) is 85.6 Å². The van der Waals surface area contributed by atoms with Crippen molar-refractivity contribution in [2.75, 3.05) is 5.32 Å². The van der Waals surface area contributed by atoms with Gasteiger partial charge in [-0.2, -0.15) is 0 Å². The first kappa shape index (κ1) is 23.3. The minimum Gasteiger partial charge on any atom is -0.460 e. The van der Waals surface area contributed by atoms with Gasteiger partial charge in [0, 0.05) is 19.0 Å². The Morgan fingerprint density at radius 1 is 1.03 bits per heavy atom. The average molecular weight is 436 g/mol. The molecule has 0 aliphatic heterocycles. The molecule has 0 saturated carbocycles. The number of nitrogens with one attached hydrogen (secondary N) is 1. The van der Waals surface area contributed by atoms with Crippen molar-refractivity contribution in [1.82, 2.24) is 0 Å². The van der Waals surface area contributed by atoms with E-state index >= 15 is 0 Å². The van der Waals surface area contributed by atoms with Crippen LogP contribution in [-0.4, -0.2) is 11.9 Å². The van der Waals surface area contributed by atoms with Crippen LogP contribution < -0.4 is 15.5 Å². The molecule has 6 heteroatoms. The van der Waals surface area contributed by atoms with Crippen LogP contribution in [0.1, 0.15) is 67.8 Å². The zero-order valence-corrected chi connectivity index (χ0v) is 19.0. The summed E-state index contributed by atoms with van der Waals surface area (Å²) in [5, 5.41) is 3.18. The first-order valence-corrected chi connectivity index (χ1v) is 11.1. The third-order valence-electron chi connectivity index (χ3n) is 5.42. The van der Waals surface area contributed by atoms with E-state index in [4.69, 9.17) is 9.15 Å². The Morgan fingerprint density at radius 2 is 1.72 bits per heavy atom. The number of para-hydroxylation sites is 1. The number of hydrogen-bond donors (Lipinski definition) is 1. The van der Waals surface area contributed by atoms with Gasteiger partial charge in [0.05, 0.1) is 5.39 Å². The zero-order valence-electron chi connectivity index (χ0n) is 19.0. The fourth-order valence-corrected chi connectivity index (χ4v) is 3.77. The van der Waals surface area contributed by atoms with Crippen molar-refractivity contribution >= 4 is 28.5 Å². The summed E-state index contributed by atoms with van der Waals surface area (Å²) in [7, 11) is 0. The molecule has 0 unspecified atom stereocenters. The maximum Gasteiger partial charge on any atom is 0.308 e. The smallest absolute Gasteiger partial charge is 0.308 e. The fourth-order valence-electron chi connectivity index (χ4n) is 3.77. The molecule has 0 bridgehead atoms. The Bertz CT molecular complexity index is 1190. The predicted molar refractivity (Wildman–Crippen MR) is 126 cm³/mol. The fraction of sp³-hybridized carbons (Fsp3) is 0.346. The highest BCUT2D eigenvalue weighted by Gasteiger charge is 2.23. The van der Waals surface area contributed by atoms with E-state index in [9.17, 15) is 14.4 Å². The van der Waals surface area contributed by atoms with Crippen molar-refractivity contribution in [3.05, 3.63) is 69.1 Å². The van der Waals surface area contributed by atoms with Gasteiger partial charge in [-0.15, -0.1) is 0 Å². The van der Waals surface area contributed by atoms with Crippen molar-refractivity contribution in [3.8, 4) is 5.75 Å². The van der Waals surface area contributed by atoms with Gasteiger partial charge in [-0.3, -0.25) is 14.4 Å². The summed E-state index contributed by atoms with van der Waals surface area (Å²) in [6.45, 7) is 7.38. The number of ether oxygens (including phenoxy) is 1. The number of carbonyl (C=O) groups is 2. The van der Waals surface area contributed by atoms with E-state index in [-0.39, 0.29) is 16.7 Å². The van der Waals surface area contributed by atoms with Crippen LogP contribution in [0.25, 0.3) is 11.0 Å². The molecular formula is C26H29NO5. The zero-order chi connectivity index (χ0) is 23.3. The number of carbonyl (C=O) groups excluding carboxylic acids is 2. The van der Waals surface area contributed by atoms with Crippen molar-refractivity contribution < 1.29 is 18.7 Å². The van der Waals surface area contributed by atoms with Gasteiger partial charge in [0.15, 0.2) is 0 Å². The van der Waals surface area contributed by atoms with Crippen LogP contribution in [-0.2, 0) is 24.1 Å². The molecule has 1 heterocycles. The summed E-state index contributed by atoms with van der Waals surface area (Å²) in [5.74, 6) is -0.376. The quantitative estimate of drug-likeness (QED) is 0.376. The van der Waals surface area contributed by atoms with Crippen LogP contribution in [0, 0.1) is 0 Å². The summed E-state index contributed by atoms with van der Waals surface area (Å²) in [6, 6.07) is 10.5. The van der Waals surface area contributed by atoms with Gasteiger partial charge in [-0.05, 0) is 48.6 Å². The minimum absolute atomic E-state index is 0.00103. The molecule has 0 radical (unpaired) electrons. The van der Waals surface area contributed by atoms with E-state index in [0.29, 0.717) is 17.8 Å². The van der Waals surface area contributed by atoms with Crippen LogP contribution in [0.15, 0.2) is 45.6 Å². The SMILES string of the molecule is CCCCc1oc2ccc(OC(C)=O)cc2c(=O)c1C(=O)Nc1c(CC)cccc1CC. The number of unbranched alkanes of at least 4 members (excludes halogenated alkanes) is 1. The lowest BCUT2D eigenvalue weighted by atomic mass is 10.0. The van der Waals surface area contributed by atoms with Gasteiger partial charge in [-0.25, -0.2) is 0 Å². The van der Waals surface area contributed by atoms with Crippen molar-refractivity contribution in [3.63, 3.8) is 0 Å². The first-order valence-electron chi connectivity index (χ1n) is 11.1. The van der Waals surface area contributed by atoms with Gasteiger partial charge in [0.25, 0.3) is 5.91 Å². The summed E-state index contributed by atoms with van der Waals surface area (Å²) in [5.41, 5.74) is 2.69. The Kier molecular flexibility index (Phi) is 7.46. The Morgan fingerprint density at radius 3 is 2.31 bits per heavy atom. The monoisotopic (exact) mass is 435 g/mol. The van der Waals surface area contributed by atoms with E-state index < -0.39 is 17.3 Å². The summed E-state index contributed by atoms with van der Waals surface area (Å²) >= 11 is 0. The average Bonchev–Trinajstić information content (AvgIpc) is 2.77. The van der Waals surface area contributed by atoms with Gasteiger partial charge in [0.2, 0.25) is 5.43 Å². The molecular weight excluding hydrogens is 406 g/mol. The number of rotatable bonds is 8. The highest BCUT2D eigenvalue weighted by molar-refractivity contribution is 6.07. The summed E-state index contributed by atoms with van der Waals surface area (Å²) in [4.78, 5) is 38.2. The molecule has 1 aromatic heterocycles. The second kappa shape index (κ2) is 10.3. The highest BCUT2D eigenvalue weighted by Crippen LogP contribution is 2.26. The van der Waals surface area contributed by atoms with Crippen LogP contribution in [0.4, 0.5) is 5.69 Å². The molecule has 0 aliphatic carbocycles. The molecule has 0 fully saturated rings. The lowest BCUT2D eigenvalue weighted by Gasteiger charge is -2.16. The Hall–Kier alpha value is -3.41.